The molecule has 3 aromatic rings. The number of ether oxygens (including phenoxy) is 2. The molecule has 28 heavy (non-hydrogen) atoms. The third kappa shape index (κ3) is 4.02. The van der Waals surface area contributed by atoms with Crippen molar-refractivity contribution < 1.29 is 19.4 Å². The number of carbonyl (C=O) groups is 1. The van der Waals surface area contributed by atoms with E-state index < -0.39 is 6.10 Å². The molecular weight excluding hydrogens is 356 g/mol. The van der Waals surface area contributed by atoms with Gasteiger partial charge < -0.3 is 25.2 Å². The Morgan fingerprint density at radius 2 is 1.82 bits per heavy atom. The molecule has 0 bridgehead atoms. The van der Waals surface area contributed by atoms with E-state index in [1.165, 1.54) is 0 Å². The minimum absolute atomic E-state index is 0.202. The first kappa shape index (κ1) is 18.1. The maximum absolute atomic E-state index is 12.1. The fraction of sp³-hybridized carbons (Fsp3) is 0.227. The number of hydrogen-bond acceptors (Lipinski definition) is 4. The Balaban J connectivity index is 1.25. The Bertz CT molecular complexity index is 984. The van der Waals surface area contributed by atoms with Gasteiger partial charge in [0.25, 0.3) is 0 Å². The molecule has 0 aliphatic carbocycles. The molecule has 6 heteroatoms. The molecule has 0 aromatic heterocycles. The zero-order chi connectivity index (χ0) is 19.3. The molecule has 0 saturated carbocycles. The van der Waals surface area contributed by atoms with E-state index in [2.05, 4.69) is 22.8 Å². The highest BCUT2D eigenvalue weighted by Gasteiger charge is 2.16. The maximum Gasteiger partial charge on any atom is 0.315 e. The van der Waals surface area contributed by atoms with Crippen molar-refractivity contribution in [2.75, 3.05) is 13.3 Å². The second-order valence-corrected chi connectivity index (χ2v) is 6.66. The van der Waals surface area contributed by atoms with Crippen LogP contribution in [-0.4, -0.2) is 24.5 Å². The van der Waals surface area contributed by atoms with E-state index >= 15 is 0 Å². The number of amides is 2. The third-order valence-corrected chi connectivity index (χ3v) is 4.80. The monoisotopic (exact) mass is 378 g/mol. The number of carbonyl (C=O) groups excluding carboxylic acids is 1. The van der Waals surface area contributed by atoms with Crippen molar-refractivity contribution in [2.45, 2.75) is 19.1 Å². The van der Waals surface area contributed by atoms with Gasteiger partial charge in [0.15, 0.2) is 11.5 Å². The van der Waals surface area contributed by atoms with Crippen molar-refractivity contribution in [3.63, 3.8) is 0 Å². The van der Waals surface area contributed by atoms with Crippen molar-refractivity contribution >= 4 is 16.8 Å². The van der Waals surface area contributed by atoms with Gasteiger partial charge >= 0.3 is 6.03 Å². The quantitative estimate of drug-likeness (QED) is 0.613. The van der Waals surface area contributed by atoms with Gasteiger partial charge in [-0.25, -0.2) is 4.79 Å². The number of benzene rings is 3. The van der Waals surface area contributed by atoms with Crippen molar-refractivity contribution in [3.8, 4) is 11.5 Å². The van der Waals surface area contributed by atoms with Crippen LogP contribution in [0.15, 0.2) is 60.7 Å². The number of rotatable bonds is 6. The van der Waals surface area contributed by atoms with E-state index in [1.807, 2.05) is 30.3 Å². The smallest absolute Gasteiger partial charge is 0.315 e. The lowest BCUT2D eigenvalue weighted by Crippen LogP contribution is -2.36. The normalized spacial score (nSPS) is 13.3. The van der Waals surface area contributed by atoms with Crippen LogP contribution in [0.1, 0.15) is 23.7 Å². The minimum Gasteiger partial charge on any atom is -0.454 e. The van der Waals surface area contributed by atoms with Gasteiger partial charge in [0.2, 0.25) is 6.79 Å². The highest BCUT2D eigenvalue weighted by atomic mass is 16.7. The first-order valence-electron chi connectivity index (χ1n) is 9.26. The van der Waals surface area contributed by atoms with Gasteiger partial charge in [0.05, 0.1) is 6.10 Å². The van der Waals surface area contributed by atoms with Gasteiger partial charge in [0, 0.05) is 13.1 Å². The molecule has 3 aromatic carbocycles. The van der Waals surface area contributed by atoms with Gasteiger partial charge in [-0.3, -0.25) is 0 Å². The summed E-state index contributed by atoms with van der Waals surface area (Å²) in [5.41, 5.74) is 1.80. The van der Waals surface area contributed by atoms with Crippen molar-refractivity contribution in [2.24, 2.45) is 0 Å². The van der Waals surface area contributed by atoms with Gasteiger partial charge in [-0.05, 0) is 40.5 Å². The topological polar surface area (TPSA) is 79.8 Å². The Labute approximate surface area is 163 Å². The summed E-state index contributed by atoms with van der Waals surface area (Å²) in [6.45, 7) is 1.00. The number of hydrogen-bond donors (Lipinski definition) is 3. The molecule has 1 aliphatic rings. The number of nitrogens with one attached hydrogen (secondary N) is 2. The predicted octanol–water partition coefficient (Wildman–Crippen LogP) is 3.49. The summed E-state index contributed by atoms with van der Waals surface area (Å²) in [5.74, 6) is 1.32. The van der Waals surface area contributed by atoms with Gasteiger partial charge in [-0.1, -0.05) is 48.5 Å². The van der Waals surface area contributed by atoms with Crippen LogP contribution in [0.5, 0.6) is 11.5 Å². The summed E-state index contributed by atoms with van der Waals surface area (Å²) >= 11 is 0. The SMILES string of the molecule is O=C(NCC[C@@H](O)c1ccc2c(c1)OCO2)NCc1cccc2ccccc12. The first-order valence-corrected chi connectivity index (χ1v) is 9.26. The molecular formula is C22H22N2O4. The maximum atomic E-state index is 12.1. The van der Waals surface area contributed by atoms with Crippen LogP contribution in [0.25, 0.3) is 10.8 Å². The molecule has 2 amide bonds. The summed E-state index contributed by atoms with van der Waals surface area (Å²) in [5, 5.41) is 18.3. The fourth-order valence-electron chi connectivity index (χ4n) is 3.29. The number of fused-ring (bicyclic) bond motifs is 2. The molecule has 3 N–H and O–H groups in total. The van der Waals surface area contributed by atoms with Crippen LogP contribution in [0, 0.1) is 0 Å². The molecule has 4 rings (SSSR count). The Morgan fingerprint density at radius 1 is 1.00 bits per heavy atom. The van der Waals surface area contributed by atoms with Gasteiger partial charge in [-0.15, -0.1) is 0 Å². The van der Waals surface area contributed by atoms with Crippen LogP contribution >= 0.6 is 0 Å². The highest BCUT2D eigenvalue weighted by Crippen LogP contribution is 2.34. The Morgan fingerprint density at radius 3 is 2.75 bits per heavy atom. The third-order valence-electron chi connectivity index (χ3n) is 4.80. The molecule has 1 aliphatic heterocycles. The van der Waals surface area contributed by atoms with Gasteiger partial charge in [0.1, 0.15) is 0 Å². The molecule has 144 valence electrons. The van der Waals surface area contributed by atoms with E-state index in [1.54, 1.807) is 18.2 Å². The lowest BCUT2D eigenvalue weighted by atomic mass is 10.0. The summed E-state index contributed by atoms with van der Waals surface area (Å²) in [6.07, 6.45) is -0.283. The number of urea groups is 1. The molecule has 0 unspecified atom stereocenters. The molecule has 6 nitrogen and oxygen atoms in total. The van der Waals surface area contributed by atoms with Crippen LogP contribution in [0.3, 0.4) is 0 Å². The van der Waals surface area contributed by atoms with Crippen molar-refractivity contribution in [1.82, 2.24) is 10.6 Å². The van der Waals surface area contributed by atoms with E-state index in [4.69, 9.17) is 9.47 Å². The summed E-state index contributed by atoms with van der Waals surface area (Å²) < 4.78 is 10.6. The summed E-state index contributed by atoms with van der Waals surface area (Å²) in [7, 11) is 0. The van der Waals surface area contributed by atoms with Crippen LogP contribution < -0.4 is 20.1 Å². The lowest BCUT2D eigenvalue weighted by Gasteiger charge is -2.13. The van der Waals surface area contributed by atoms with E-state index in [0.29, 0.717) is 31.0 Å². The van der Waals surface area contributed by atoms with Gasteiger partial charge in [-0.2, -0.15) is 0 Å². The lowest BCUT2D eigenvalue weighted by molar-refractivity contribution is 0.165. The minimum atomic E-state index is -0.687. The second-order valence-electron chi connectivity index (χ2n) is 6.66. The van der Waals surface area contributed by atoms with Crippen LogP contribution in [0.4, 0.5) is 4.79 Å². The Hall–Kier alpha value is -3.25. The predicted molar refractivity (Wildman–Crippen MR) is 106 cm³/mol. The molecule has 0 fully saturated rings. The molecule has 1 atom stereocenters. The first-order chi connectivity index (χ1) is 13.7. The molecule has 1 heterocycles. The largest absolute Gasteiger partial charge is 0.454 e. The summed E-state index contributed by atoms with van der Waals surface area (Å²) in [6, 6.07) is 19.2. The van der Waals surface area contributed by atoms with E-state index in [-0.39, 0.29) is 12.8 Å². The second kappa shape index (κ2) is 8.19. The number of aliphatic hydroxyl groups excluding tert-OH is 1. The molecule has 0 saturated heterocycles. The summed E-state index contributed by atoms with van der Waals surface area (Å²) in [4.78, 5) is 12.1. The average Bonchev–Trinajstić information content (AvgIpc) is 3.20. The van der Waals surface area contributed by atoms with Crippen molar-refractivity contribution in [1.29, 1.82) is 0 Å². The van der Waals surface area contributed by atoms with E-state index in [0.717, 1.165) is 21.9 Å². The molecule has 0 radical (unpaired) electrons. The van der Waals surface area contributed by atoms with Crippen molar-refractivity contribution in [3.05, 3.63) is 71.8 Å². The zero-order valence-corrected chi connectivity index (χ0v) is 15.4. The number of aliphatic hydroxyl groups is 1. The molecule has 0 spiro atoms. The van der Waals surface area contributed by atoms with E-state index in [9.17, 15) is 9.90 Å². The van der Waals surface area contributed by atoms with Crippen LogP contribution in [-0.2, 0) is 6.54 Å². The zero-order valence-electron chi connectivity index (χ0n) is 15.4. The Kier molecular flexibility index (Phi) is 5.30. The average molecular weight is 378 g/mol. The standard InChI is InChI=1S/C22H22N2O4/c25-19(16-8-9-20-21(12-16)28-14-27-20)10-11-23-22(26)24-13-17-6-3-5-15-4-1-2-7-18(15)17/h1-9,12,19,25H,10-11,13-14H2,(H2,23,24,26)/t19-/m1/s1. The fourth-order valence-corrected chi connectivity index (χ4v) is 3.29. The van der Waals surface area contributed by atoms with Crippen LogP contribution in [0.2, 0.25) is 0 Å². The highest BCUT2D eigenvalue weighted by molar-refractivity contribution is 5.86.